The quantitative estimate of drug-likeness (QED) is 0.695. The van der Waals surface area contributed by atoms with E-state index in [9.17, 15) is 19.1 Å². The first kappa shape index (κ1) is 10.9. The van der Waals surface area contributed by atoms with Crippen molar-refractivity contribution >= 4 is 0 Å². The smallest absolute Gasteiger partial charge is 0.331 e. The minimum atomic E-state index is -1.33. The fraction of sp³-hybridized carbons (Fsp3) is 0.556. The first-order valence-electron chi connectivity index (χ1n) is 4.92. The zero-order chi connectivity index (χ0) is 11.7. The Morgan fingerprint density at radius 1 is 1.38 bits per heavy atom. The molecule has 2 heterocycles. The number of ether oxygens (including phenoxy) is 1. The highest BCUT2D eigenvalue weighted by atomic mass is 19.1. The molecule has 0 spiro atoms. The van der Waals surface area contributed by atoms with E-state index < -0.39 is 22.9 Å². The van der Waals surface area contributed by atoms with Crippen molar-refractivity contribution in [2.75, 3.05) is 13.2 Å². The van der Waals surface area contributed by atoms with Crippen LogP contribution in [0.25, 0.3) is 0 Å². The minimum Gasteiger partial charge on any atom is -0.492 e. The van der Waals surface area contributed by atoms with Crippen LogP contribution in [0.2, 0.25) is 0 Å². The molecule has 88 valence electrons. The van der Waals surface area contributed by atoms with Gasteiger partial charge in [-0.05, 0) is 12.8 Å². The van der Waals surface area contributed by atoms with Crippen LogP contribution in [-0.4, -0.2) is 27.9 Å². The highest BCUT2D eigenvalue weighted by molar-refractivity contribution is 5.11. The monoisotopic (exact) mass is 230 g/mol. The van der Waals surface area contributed by atoms with E-state index in [1.54, 1.807) is 0 Å². The zero-order valence-electron chi connectivity index (χ0n) is 8.40. The van der Waals surface area contributed by atoms with E-state index in [0.717, 1.165) is 4.57 Å². The molecular formula is C9H11FN2O4. The molecular weight excluding hydrogens is 219 g/mol. The normalized spacial score (nSPS) is 17.6. The second-order valence-electron chi connectivity index (χ2n) is 3.61. The van der Waals surface area contributed by atoms with Gasteiger partial charge in [-0.3, -0.25) is 14.3 Å². The van der Waals surface area contributed by atoms with Crippen LogP contribution < -0.4 is 11.2 Å². The summed E-state index contributed by atoms with van der Waals surface area (Å²) in [6.07, 6.45) is 0.998. The lowest BCUT2D eigenvalue weighted by Gasteiger charge is -2.24. The molecule has 0 saturated carbocycles. The molecule has 0 atom stereocenters. The van der Waals surface area contributed by atoms with Crippen LogP contribution in [0.15, 0.2) is 9.59 Å². The summed E-state index contributed by atoms with van der Waals surface area (Å²) in [6, 6.07) is -0.340. The molecule has 1 aliphatic rings. The van der Waals surface area contributed by atoms with Gasteiger partial charge in [-0.25, -0.2) is 4.79 Å². The molecule has 0 unspecified atom stereocenters. The summed E-state index contributed by atoms with van der Waals surface area (Å²) in [7, 11) is 0. The molecule has 0 aromatic carbocycles. The van der Waals surface area contributed by atoms with Gasteiger partial charge < -0.3 is 9.84 Å². The fourth-order valence-corrected chi connectivity index (χ4v) is 1.80. The lowest BCUT2D eigenvalue weighted by atomic mass is 10.1. The van der Waals surface area contributed by atoms with Crippen molar-refractivity contribution in [3.8, 4) is 5.88 Å². The Hall–Kier alpha value is -1.63. The van der Waals surface area contributed by atoms with E-state index in [1.807, 2.05) is 4.98 Å². The van der Waals surface area contributed by atoms with Crippen molar-refractivity contribution < 1.29 is 14.2 Å². The molecule has 1 fully saturated rings. The highest BCUT2D eigenvalue weighted by Gasteiger charge is 2.23. The van der Waals surface area contributed by atoms with Crippen LogP contribution in [0.5, 0.6) is 5.88 Å². The molecule has 0 radical (unpaired) electrons. The number of aromatic amines is 1. The molecule has 6 nitrogen and oxygen atoms in total. The predicted octanol–water partition coefficient (Wildman–Crippen LogP) is -0.267. The summed E-state index contributed by atoms with van der Waals surface area (Å²) < 4.78 is 19.1. The zero-order valence-corrected chi connectivity index (χ0v) is 8.40. The van der Waals surface area contributed by atoms with Crippen molar-refractivity contribution in [3.63, 3.8) is 0 Å². The third-order valence-corrected chi connectivity index (χ3v) is 2.62. The topological polar surface area (TPSA) is 84.3 Å². The number of H-pyrrole nitrogens is 1. The van der Waals surface area contributed by atoms with Crippen molar-refractivity contribution in [2.45, 2.75) is 18.9 Å². The van der Waals surface area contributed by atoms with Gasteiger partial charge in [0.15, 0.2) is 0 Å². The average Bonchev–Trinajstić information content (AvgIpc) is 2.28. The lowest BCUT2D eigenvalue weighted by Crippen LogP contribution is -2.36. The first-order chi connectivity index (χ1) is 7.61. The molecule has 1 aliphatic heterocycles. The molecule has 2 N–H and O–H groups in total. The molecule has 1 aromatic heterocycles. The first-order valence-corrected chi connectivity index (χ1v) is 4.92. The van der Waals surface area contributed by atoms with Crippen molar-refractivity contribution in [3.05, 3.63) is 26.7 Å². The van der Waals surface area contributed by atoms with Crippen LogP contribution >= 0.6 is 0 Å². The van der Waals surface area contributed by atoms with Crippen molar-refractivity contribution in [2.24, 2.45) is 0 Å². The van der Waals surface area contributed by atoms with Crippen LogP contribution in [0.3, 0.4) is 0 Å². The van der Waals surface area contributed by atoms with Crippen molar-refractivity contribution in [1.29, 1.82) is 0 Å². The molecule has 1 saturated heterocycles. The summed E-state index contributed by atoms with van der Waals surface area (Å²) in [5.74, 6) is -2.23. The molecule has 16 heavy (non-hydrogen) atoms. The highest BCUT2D eigenvalue weighted by Crippen LogP contribution is 2.23. The second kappa shape index (κ2) is 4.09. The van der Waals surface area contributed by atoms with Gasteiger partial charge in [0, 0.05) is 19.3 Å². The maximum absolute atomic E-state index is 13.1. The summed E-state index contributed by atoms with van der Waals surface area (Å²) in [4.78, 5) is 24.1. The standard InChI is InChI=1S/C9H11FN2O4/c10-6-7(13)11-9(15)12(8(6)14)5-1-3-16-4-2-5/h5,14H,1-4H2,(H,11,13,15). The molecule has 0 aliphatic carbocycles. The predicted molar refractivity (Wildman–Crippen MR) is 52.0 cm³/mol. The molecule has 0 bridgehead atoms. The van der Waals surface area contributed by atoms with E-state index in [2.05, 4.69) is 0 Å². The van der Waals surface area contributed by atoms with Gasteiger partial charge in [-0.15, -0.1) is 0 Å². The lowest BCUT2D eigenvalue weighted by molar-refractivity contribution is 0.0653. The summed E-state index contributed by atoms with van der Waals surface area (Å²) >= 11 is 0. The third-order valence-electron chi connectivity index (χ3n) is 2.62. The van der Waals surface area contributed by atoms with Gasteiger partial charge in [0.1, 0.15) is 0 Å². The van der Waals surface area contributed by atoms with E-state index >= 15 is 0 Å². The molecule has 1 aromatic rings. The molecule has 7 heteroatoms. The van der Waals surface area contributed by atoms with E-state index in [0.29, 0.717) is 26.1 Å². The SMILES string of the molecule is O=c1[nH]c(=O)n(C2CCOCC2)c(O)c1F. The van der Waals surface area contributed by atoms with Crippen LogP contribution in [0.1, 0.15) is 18.9 Å². The van der Waals surface area contributed by atoms with Crippen LogP contribution in [0.4, 0.5) is 4.39 Å². The van der Waals surface area contributed by atoms with Gasteiger partial charge in [0.25, 0.3) is 5.56 Å². The van der Waals surface area contributed by atoms with E-state index in [1.165, 1.54) is 0 Å². The number of hydrogen-bond donors (Lipinski definition) is 2. The van der Waals surface area contributed by atoms with Gasteiger partial charge in [-0.1, -0.05) is 0 Å². The second-order valence-corrected chi connectivity index (χ2v) is 3.61. The Labute approximate surface area is 89.3 Å². The minimum absolute atomic E-state index is 0.340. The number of aromatic hydroxyl groups is 1. The number of halogens is 1. The van der Waals surface area contributed by atoms with Gasteiger partial charge >= 0.3 is 5.69 Å². The van der Waals surface area contributed by atoms with Gasteiger partial charge in [-0.2, -0.15) is 4.39 Å². The van der Waals surface area contributed by atoms with E-state index in [-0.39, 0.29) is 6.04 Å². The Bertz CT molecular complexity index is 501. The van der Waals surface area contributed by atoms with Gasteiger partial charge in [0.2, 0.25) is 11.7 Å². The summed E-state index contributed by atoms with van der Waals surface area (Å²) in [6.45, 7) is 0.884. The number of aromatic nitrogens is 2. The summed E-state index contributed by atoms with van der Waals surface area (Å²) in [5, 5.41) is 9.44. The Morgan fingerprint density at radius 2 is 2.00 bits per heavy atom. The Kier molecular flexibility index (Phi) is 2.78. The Balaban J connectivity index is 2.51. The van der Waals surface area contributed by atoms with Crippen LogP contribution in [-0.2, 0) is 4.74 Å². The third kappa shape index (κ3) is 1.73. The Morgan fingerprint density at radius 3 is 2.62 bits per heavy atom. The number of nitrogens with one attached hydrogen (secondary N) is 1. The largest absolute Gasteiger partial charge is 0.492 e. The molecule has 0 amide bonds. The van der Waals surface area contributed by atoms with E-state index in [4.69, 9.17) is 4.74 Å². The fourth-order valence-electron chi connectivity index (χ4n) is 1.80. The maximum atomic E-state index is 13.1. The van der Waals surface area contributed by atoms with Crippen LogP contribution in [0, 0.1) is 5.82 Å². The van der Waals surface area contributed by atoms with Crippen molar-refractivity contribution in [1.82, 2.24) is 9.55 Å². The number of hydrogen-bond acceptors (Lipinski definition) is 4. The van der Waals surface area contributed by atoms with Gasteiger partial charge in [0.05, 0.1) is 0 Å². The summed E-state index contributed by atoms with van der Waals surface area (Å²) in [5.41, 5.74) is -2.00. The molecule has 2 rings (SSSR count). The number of rotatable bonds is 1. The average molecular weight is 230 g/mol. The maximum Gasteiger partial charge on any atom is 0.331 e. The number of nitrogens with zero attached hydrogens (tertiary/aromatic N) is 1.